The van der Waals surface area contributed by atoms with Crippen LogP contribution in [0.3, 0.4) is 0 Å². The largest absolute Gasteiger partial charge is 0.495 e. The molecule has 1 aliphatic rings. The van der Waals surface area contributed by atoms with Crippen LogP contribution in [-0.4, -0.2) is 29.4 Å². The topological polar surface area (TPSA) is 42.4 Å². The fourth-order valence-corrected chi connectivity index (χ4v) is 3.54. The first kappa shape index (κ1) is 16.8. The molecule has 0 spiro atoms. The maximum atomic E-state index is 12.7. The van der Waals surface area contributed by atoms with Gasteiger partial charge in [0.1, 0.15) is 5.75 Å². The number of rotatable bonds is 5. The summed E-state index contributed by atoms with van der Waals surface area (Å²) in [6.07, 6.45) is 6.81. The Morgan fingerprint density at radius 3 is 2.83 bits per heavy atom. The number of ether oxygens (including phenoxy) is 1. The van der Waals surface area contributed by atoms with E-state index in [9.17, 15) is 4.79 Å². The molecule has 1 fully saturated rings. The van der Waals surface area contributed by atoms with Crippen molar-refractivity contribution in [1.82, 2.24) is 9.88 Å². The number of methoxy groups -OCH3 is 1. The predicted octanol–water partition coefficient (Wildman–Crippen LogP) is 4.04. The third kappa shape index (κ3) is 3.70. The van der Waals surface area contributed by atoms with E-state index in [1.165, 1.54) is 5.56 Å². The van der Waals surface area contributed by atoms with Crippen LogP contribution in [0.5, 0.6) is 5.75 Å². The van der Waals surface area contributed by atoms with Gasteiger partial charge in [0.05, 0.1) is 18.2 Å². The maximum Gasteiger partial charge on any atom is 0.223 e. The zero-order chi connectivity index (χ0) is 16.9. The SMILES string of the molecule is COc1ccc(CCC(=O)N2CCC[C@@H]2c2ccncc2)cc1Cl. The Labute approximate surface area is 147 Å². The average molecular weight is 345 g/mol. The van der Waals surface area contributed by atoms with E-state index >= 15 is 0 Å². The summed E-state index contributed by atoms with van der Waals surface area (Å²) in [7, 11) is 1.59. The summed E-state index contributed by atoms with van der Waals surface area (Å²) >= 11 is 6.15. The number of pyridine rings is 1. The molecule has 1 aromatic carbocycles. The standard InChI is InChI=1S/C19H21ClN2O2/c1-24-18-6-4-14(13-16(18)20)5-7-19(23)22-12-2-3-17(22)15-8-10-21-11-9-15/h4,6,8-11,13,17H,2-3,5,7,12H2,1H3/t17-/m1/s1. The maximum absolute atomic E-state index is 12.7. The lowest BCUT2D eigenvalue weighted by molar-refractivity contribution is -0.132. The predicted molar refractivity (Wildman–Crippen MR) is 94.3 cm³/mol. The van der Waals surface area contributed by atoms with Crippen LogP contribution in [0.2, 0.25) is 5.02 Å². The molecule has 1 aromatic heterocycles. The quantitative estimate of drug-likeness (QED) is 0.822. The number of hydrogen-bond acceptors (Lipinski definition) is 3. The number of amides is 1. The van der Waals surface area contributed by atoms with Crippen LogP contribution >= 0.6 is 11.6 Å². The highest BCUT2D eigenvalue weighted by molar-refractivity contribution is 6.32. The van der Waals surface area contributed by atoms with E-state index in [-0.39, 0.29) is 11.9 Å². The molecule has 0 N–H and O–H groups in total. The summed E-state index contributed by atoms with van der Waals surface area (Å²) in [6, 6.07) is 9.86. The molecule has 4 nitrogen and oxygen atoms in total. The number of hydrogen-bond donors (Lipinski definition) is 0. The zero-order valence-electron chi connectivity index (χ0n) is 13.7. The van der Waals surface area contributed by atoms with Gasteiger partial charge in [0.2, 0.25) is 5.91 Å². The molecule has 0 saturated carbocycles. The molecular formula is C19H21ClN2O2. The third-order valence-corrected chi connectivity index (χ3v) is 4.80. The van der Waals surface area contributed by atoms with Crippen molar-refractivity contribution in [2.45, 2.75) is 31.7 Å². The van der Waals surface area contributed by atoms with Crippen LogP contribution in [0.4, 0.5) is 0 Å². The molecule has 0 radical (unpaired) electrons. The van der Waals surface area contributed by atoms with Gasteiger partial charge in [-0.25, -0.2) is 0 Å². The molecule has 3 rings (SSSR count). The minimum absolute atomic E-state index is 0.181. The zero-order valence-corrected chi connectivity index (χ0v) is 14.5. The van der Waals surface area contributed by atoms with Gasteiger partial charge < -0.3 is 9.64 Å². The Morgan fingerprint density at radius 2 is 2.12 bits per heavy atom. The van der Waals surface area contributed by atoms with Crippen LogP contribution in [0, 0.1) is 0 Å². The van der Waals surface area contributed by atoms with Crippen LogP contribution in [0.15, 0.2) is 42.7 Å². The molecule has 0 unspecified atom stereocenters. The molecule has 24 heavy (non-hydrogen) atoms. The Morgan fingerprint density at radius 1 is 1.33 bits per heavy atom. The summed E-state index contributed by atoms with van der Waals surface area (Å²) in [5, 5.41) is 0.582. The summed E-state index contributed by atoms with van der Waals surface area (Å²) in [5.41, 5.74) is 2.22. The lowest BCUT2D eigenvalue weighted by Gasteiger charge is -2.25. The number of benzene rings is 1. The van der Waals surface area contributed by atoms with Crippen LogP contribution < -0.4 is 4.74 Å². The highest BCUT2D eigenvalue weighted by Crippen LogP contribution is 2.32. The number of likely N-dealkylation sites (tertiary alicyclic amines) is 1. The Bertz CT molecular complexity index is 706. The molecular weight excluding hydrogens is 324 g/mol. The highest BCUT2D eigenvalue weighted by atomic mass is 35.5. The van der Waals surface area contributed by atoms with Crippen molar-refractivity contribution in [3.8, 4) is 5.75 Å². The second-order valence-electron chi connectivity index (χ2n) is 5.99. The van der Waals surface area contributed by atoms with E-state index in [0.29, 0.717) is 23.6 Å². The highest BCUT2D eigenvalue weighted by Gasteiger charge is 2.29. The fraction of sp³-hybridized carbons (Fsp3) is 0.368. The van der Waals surface area contributed by atoms with E-state index in [2.05, 4.69) is 4.98 Å². The lowest BCUT2D eigenvalue weighted by Crippen LogP contribution is -2.30. The normalized spacial score (nSPS) is 17.1. The number of carbonyl (C=O) groups excluding carboxylic acids is 1. The van der Waals surface area contributed by atoms with Crippen molar-refractivity contribution < 1.29 is 9.53 Å². The average Bonchev–Trinajstić information content (AvgIpc) is 3.10. The van der Waals surface area contributed by atoms with E-state index in [4.69, 9.17) is 16.3 Å². The van der Waals surface area contributed by atoms with Crippen molar-refractivity contribution in [1.29, 1.82) is 0 Å². The smallest absolute Gasteiger partial charge is 0.223 e. The molecule has 5 heteroatoms. The van der Waals surface area contributed by atoms with Crippen LogP contribution in [0.1, 0.15) is 36.4 Å². The first-order valence-corrected chi connectivity index (χ1v) is 8.58. The van der Waals surface area contributed by atoms with E-state index in [1.54, 1.807) is 19.5 Å². The van der Waals surface area contributed by atoms with E-state index in [1.807, 2.05) is 35.2 Å². The van der Waals surface area contributed by atoms with Gasteiger partial charge in [0, 0.05) is 25.4 Å². The van der Waals surface area contributed by atoms with Gasteiger partial charge in [0.15, 0.2) is 0 Å². The lowest BCUT2D eigenvalue weighted by atomic mass is 10.0. The fourth-order valence-electron chi connectivity index (χ4n) is 3.26. The summed E-state index contributed by atoms with van der Waals surface area (Å²) < 4.78 is 5.16. The van der Waals surface area contributed by atoms with Gasteiger partial charge in [-0.05, 0) is 54.7 Å². The van der Waals surface area contributed by atoms with Gasteiger partial charge in [-0.3, -0.25) is 9.78 Å². The summed E-state index contributed by atoms with van der Waals surface area (Å²) in [6.45, 7) is 0.829. The second kappa shape index (κ2) is 7.67. The van der Waals surface area contributed by atoms with Gasteiger partial charge in [-0.2, -0.15) is 0 Å². The molecule has 0 aliphatic carbocycles. The molecule has 1 saturated heterocycles. The van der Waals surface area contributed by atoms with E-state index < -0.39 is 0 Å². The molecule has 126 valence electrons. The van der Waals surface area contributed by atoms with Crippen LogP contribution in [-0.2, 0) is 11.2 Å². The van der Waals surface area contributed by atoms with E-state index in [0.717, 1.165) is 24.9 Å². The number of carbonyl (C=O) groups is 1. The Kier molecular flexibility index (Phi) is 5.36. The molecule has 1 amide bonds. The third-order valence-electron chi connectivity index (χ3n) is 4.51. The summed E-state index contributed by atoms with van der Waals surface area (Å²) in [4.78, 5) is 18.7. The second-order valence-corrected chi connectivity index (χ2v) is 6.40. The number of halogens is 1. The van der Waals surface area contributed by atoms with Crippen molar-refractivity contribution >= 4 is 17.5 Å². The van der Waals surface area contributed by atoms with Gasteiger partial charge in [0.25, 0.3) is 0 Å². The first-order valence-electron chi connectivity index (χ1n) is 8.21. The van der Waals surface area contributed by atoms with Crippen LogP contribution in [0.25, 0.3) is 0 Å². The molecule has 2 aromatic rings. The number of aromatic nitrogens is 1. The van der Waals surface area contributed by atoms with Gasteiger partial charge in [-0.15, -0.1) is 0 Å². The molecule has 1 atom stereocenters. The minimum atomic E-state index is 0.181. The number of aryl methyl sites for hydroxylation is 1. The molecule has 2 heterocycles. The van der Waals surface area contributed by atoms with Gasteiger partial charge >= 0.3 is 0 Å². The Hall–Kier alpha value is -2.07. The molecule has 0 bridgehead atoms. The van der Waals surface area contributed by atoms with Crippen molar-refractivity contribution in [3.05, 3.63) is 58.9 Å². The summed E-state index contributed by atoms with van der Waals surface area (Å²) in [5.74, 6) is 0.852. The van der Waals surface area contributed by atoms with Crippen molar-refractivity contribution in [3.63, 3.8) is 0 Å². The van der Waals surface area contributed by atoms with Crippen molar-refractivity contribution in [2.24, 2.45) is 0 Å². The monoisotopic (exact) mass is 344 g/mol. The van der Waals surface area contributed by atoms with Gasteiger partial charge in [-0.1, -0.05) is 17.7 Å². The minimum Gasteiger partial charge on any atom is -0.495 e. The first-order chi connectivity index (χ1) is 11.7. The molecule has 1 aliphatic heterocycles. The number of nitrogens with zero attached hydrogens (tertiary/aromatic N) is 2. The Balaban J connectivity index is 1.63. The van der Waals surface area contributed by atoms with Crippen molar-refractivity contribution in [2.75, 3.05) is 13.7 Å².